The molecule has 0 aliphatic carbocycles. The first kappa shape index (κ1) is 19.5. The van der Waals surface area contributed by atoms with Crippen LogP contribution in [0, 0.1) is 0 Å². The maximum Gasteiger partial charge on any atom is 0.119 e. The monoisotopic (exact) mass is 333 g/mol. The number of halogens is 1. The zero-order chi connectivity index (χ0) is 15.9. The van der Waals surface area contributed by atoms with E-state index in [4.69, 9.17) is 0 Å². The van der Waals surface area contributed by atoms with E-state index in [9.17, 15) is 5.11 Å². The highest BCUT2D eigenvalue weighted by molar-refractivity contribution is 5.85. The Morgan fingerprint density at radius 3 is 2.35 bits per heavy atom. The maximum atomic E-state index is 10.4. The number of rotatable bonds is 7. The topological polar surface area (TPSA) is 32.3 Å². The molecular weight excluding hydrogens is 306 g/mol. The van der Waals surface area contributed by atoms with Gasteiger partial charge in [-0.15, -0.1) is 12.4 Å². The van der Waals surface area contributed by atoms with Gasteiger partial charge in [0.15, 0.2) is 0 Å². The van der Waals surface area contributed by atoms with Crippen molar-refractivity contribution in [1.29, 1.82) is 0 Å². The van der Waals surface area contributed by atoms with Crippen molar-refractivity contribution in [2.75, 3.05) is 6.54 Å². The predicted molar refractivity (Wildman–Crippen MR) is 101 cm³/mol. The fourth-order valence-electron chi connectivity index (χ4n) is 2.81. The van der Waals surface area contributed by atoms with Crippen molar-refractivity contribution in [1.82, 2.24) is 5.32 Å². The Kier molecular flexibility index (Phi) is 8.15. The van der Waals surface area contributed by atoms with E-state index in [2.05, 4.69) is 56.4 Å². The Morgan fingerprint density at radius 1 is 1.04 bits per heavy atom. The van der Waals surface area contributed by atoms with Gasteiger partial charge in [0.1, 0.15) is 5.75 Å². The van der Waals surface area contributed by atoms with Crippen LogP contribution in [0.5, 0.6) is 5.75 Å². The van der Waals surface area contributed by atoms with E-state index in [1.807, 2.05) is 18.2 Å². The number of phenols is 1. The van der Waals surface area contributed by atoms with Gasteiger partial charge in [-0.1, -0.05) is 63.2 Å². The summed E-state index contributed by atoms with van der Waals surface area (Å²) >= 11 is 0. The van der Waals surface area contributed by atoms with Crippen LogP contribution in [0.2, 0.25) is 0 Å². The van der Waals surface area contributed by atoms with E-state index >= 15 is 0 Å². The second-order valence-electron chi connectivity index (χ2n) is 6.11. The van der Waals surface area contributed by atoms with Crippen molar-refractivity contribution < 1.29 is 5.11 Å². The highest BCUT2D eigenvalue weighted by atomic mass is 35.5. The Bertz CT molecular complexity index is 583. The summed E-state index contributed by atoms with van der Waals surface area (Å²) in [5.74, 6) is 0.620. The van der Waals surface area contributed by atoms with Crippen LogP contribution in [0.4, 0.5) is 0 Å². The standard InChI is InChI=1S/C20H27NO.ClH/c1-4-16-10-11-20(22)19(14-16)18(12-13-21-15(2)3)17-8-6-5-7-9-17;/h5-11,14-15,18,21-22H,4,12-13H2,1-3H3;1H. The highest BCUT2D eigenvalue weighted by Crippen LogP contribution is 2.34. The van der Waals surface area contributed by atoms with E-state index < -0.39 is 0 Å². The molecule has 126 valence electrons. The largest absolute Gasteiger partial charge is 0.508 e. The SMILES string of the molecule is CCc1ccc(O)c(C(CCNC(C)C)c2ccccc2)c1.Cl. The summed E-state index contributed by atoms with van der Waals surface area (Å²) in [6.07, 6.45) is 1.96. The molecule has 0 amide bonds. The number of hydrogen-bond acceptors (Lipinski definition) is 2. The van der Waals surface area contributed by atoms with Gasteiger partial charge >= 0.3 is 0 Å². The number of aryl methyl sites for hydroxylation is 1. The third-order valence-corrected chi connectivity index (χ3v) is 4.06. The Balaban J connectivity index is 0.00000264. The van der Waals surface area contributed by atoms with Crippen molar-refractivity contribution in [3.63, 3.8) is 0 Å². The third kappa shape index (κ3) is 5.56. The van der Waals surface area contributed by atoms with E-state index in [1.165, 1.54) is 11.1 Å². The predicted octanol–water partition coefficient (Wildman–Crippen LogP) is 4.90. The minimum Gasteiger partial charge on any atom is -0.508 e. The van der Waals surface area contributed by atoms with Crippen molar-refractivity contribution >= 4 is 12.4 Å². The molecule has 0 saturated heterocycles. The molecular formula is C20H28ClNO. The van der Waals surface area contributed by atoms with Gasteiger partial charge in [-0.25, -0.2) is 0 Å². The lowest BCUT2D eigenvalue weighted by atomic mass is 9.86. The van der Waals surface area contributed by atoms with Crippen molar-refractivity contribution in [2.45, 2.75) is 45.6 Å². The van der Waals surface area contributed by atoms with Gasteiger partial charge in [0.2, 0.25) is 0 Å². The first-order valence-corrected chi connectivity index (χ1v) is 8.22. The summed E-state index contributed by atoms with van der Waals surface area (Å²) in [6.45, 7) is 7.40. The quantitative estimate of drug-likeness (QED) is 0.755. The Labute approximate surface area is 146 Å². The molecule has 1 unspecified atom stereocenters. The van der Waals surface area contributed by atoms with Crippen LogP contribution in [-0.4, -0.2) is 17.7 Å². The van der Waals surface area contributed by atoms with Crippen LogP contribution < -0.4 is 5.32 Å². The molecule has 2 aromatic carbocycles. The first-order chi connectivity index (χ1) is 10.6. The Hall–Kier alpha value is -1.51. The molecule has 2 rings (SSSR count). The lowest BCUT2D eigenvalue weighted by molar-refractivity contribution is 0.459. The van der Waals surface area contributed by atoms with Gasteiger partial charge < -0.3 is 10.4 Å². The summed E-state index contributed by atoms with van der Waals surface area (Å²) < 4.78 is 0. The highest BCUT2D eigenvalue weighted by Gasteiger charge is 2.18. The van der Waals surface area contributed by atoms with E-state index in [-0.39, 0.29) is 18.3 Å². The summed E-state index contributed by atoms with van der Waals surface area (Å²) in [4.78, 5) is 0. The molecule has 0 aliphatic heterocycles. The molecule has 0 heterocycles. The first-order valence-electron chi connectivity index (χ1n) is 8.22. The number of nitrogens with one attached hydrogen (secondary N) is 1. The average molecular weight is 334 g/mol. The third-order valence-electron chi connectivity index (χ3n) is 4.06. The van der Waals surface area contributed by atoms with Gasteiger partial charge in [0.05, 0.1) is 0 Å². The lowest BCUT2D eigenvalue weighted by Crippen LogP contribution is -2.25. The smallest absolute Gasteiger partial charge is 0.119 e. The van der Waals surface area contributed by atoms with E-state index in [0.717, 1.165) is 24.9 Å². The molecule has 0 bridgehead atoms. The summed E-state index contributed by atoms with van der Waals surface area (Å²) in [6, 6.07) is 16.9. The molecule has 23 heavy (non-hydrogen) atoms. The van der Waals surface area contributed by atoms with Crippen LogP contribution in [0.3, 0.4) is 0 Å². The van der Waals surface area contributed by atoms with Crippen LogP contribution >= 0.6 is 12.4 Å². The minimum atomic E-state index is 0. The second-order valence-corrected chi connectivity index (χ2v) is 6.11. The molecule has 0 aromatic heterocycles. The summed E-state index contributed by atoms with van der Waals surface area (Å²) in [7, 11) is 0. The summed E-state index contributed by atoms with van der Waals surface area (Å²) in [5, 5.41) is 13.8. The van der Waals surface area contributed by atoms with Crippen molar-refractivity contribution in [3.05, 3.63) is 65.2 Å². The zero-order valence-electron chi connectivity index (χ0n) is 14.3. The molecule has 2 aromatic rings. The average Bonchev–Trinajstić information content (AvgIpc) is 2.53. The van der Waals surface area contributed by atoms with Gasteiger partial charge in [-0.05, 0) is 36.6 Å². The fourth-order valence-corrected chi connectivity index (χ4v) is 2.81. The molecule has 1 atom stereocenters. The summed E-state index contributed by atoms with van der Waals surface area (Å²) in [5.41, 5.74) is 3.57. The molecule has 2 nitrogen and oxygen atoms in total. The number of hydrogen-bond donors (Lipinski definition) is 2. The normalized spacial score (nSPS) is 12.0. The van der Waals surface area contributed by atoms with Crippen molar-refractivity contribution in [2.24, 2.45) is 0 Å². The lowest BCUT2D eigenvalue weighted by Gasteiger charge is -2.21. The zero-order valence-corrected chi connectivity index (χ0v) is 15.1. The van der Waals surface area contributed by atoms with Crippen LogP contribution in [0.1, 0.15) is 49.8 Å². The Morgan fingerprint density at radius 2 is 1.74 bits per heavy atom. The maximum absolute atomic E-state index is 10.4. The molecule has 3 heteroatoms. The van der Waals surface area contributed by atoms with Crippen LogP contribution in [-0.2, 0) is 6.42 Å². The van der Waals surface area contributed by atoms with Gasteiger partial charge in [0, 0.05) is 17.5 Å². The van der Waals surface area contributed by atoms with E-state index in [1.54, 1.807) is 0 Å². The van der Waals surface area contributed by atoms with Gasteiger partial charge in [-0.3, -0.25) is 0 Å². The minimum absolute atomic E-state index is 0. The molecule has 0 aliphatic rings. The molecule has 0 fully saturated rings. The number of aromatic hydroxyl groups is 1. The molecule has 0 radical (unpaired) electrons. The van der Waals surface area contributed by atoms with Crippen LogP contribution in [0.25, 0.3) is 0 Å². The number of benzene rings is 2. The van der Waals surface area contributed by atoms with Gasteiger partial charge in [-0.2, -0.15) is 0 Å². The van der Waals surface area contributed by atoms with E-state index in [0.29, 0.717) is 11.8 Å². The molecule has 2 N–H and O–H groups in total. The second kappa shape index (κ2) is 9.59. The number of phenolic OH excluding ortho intramolecular Hbond substituents is 1. The fraction of sp³-hybridized carbons (Fsp3) is 0.400. The molecule has 0 saturated carbocycles. The van der Waals surface area contributed by atoms with Crippen LogP contribution in [0.15, 0.2) is 48.5 Å². The van der Waals surface area contributed by atoms with Gasteiger partial charge in [0.25, 0.3) is 0 Å². The molecule has 0 spiro atoms. The van der Waals surface area contributed by atoms with Crippen molar-refractivity contribution in [3.8, 4) is 5.75 Å².